The third-order valence-corrected chi connectivity index (χ3v) is 3.50. The van der Waals surface area contributed by atoms with Crippen molar-refractivity contribution in [2.75, 3.05) is 0 Å². The van der Waals surface area contributed by atoms with Gasteiger partial charge in [0.2, 0.25) is 0 Å². The van der Waals surface area contributed by atoms with Crippen LogP contribution in [-0.4, -0.2) is 0 Å². The monoisotopic (exact) mass is 168 g/mol. The quantitative estimate of drug-likeness (QED) is 0.578. The van der Waals surface area contributed by atoms with Crippen LogP contribution in [0, 0.1) is 17.3 Å². The normalized spacial score (nSPS) is 35.0. The second-order valence-corrected chi connectivity index (χ2v) is 5.36. The first-order valence-corrected chi connectivity index (χ1v) is 5.57. The lowest BCUT2D eigenvalue weighted by atomic mass is 9.66. The van der Waals surface area contributed by atoms with Crippen molar-refractivity contribution in [3.8, 4) is 0 Å². The van der Waals surface area contributed by atoms with Crippen molar-refractivity contribution < 1.29 is 0 Å². The summed E-state index contributed by atoms with van der Waals surface area (Å²) in [4.78, 5) is 0. The Labute approximate surface area is 77.7 Å². The van der Waals surface area contributed by atoms with Gasteiger partial charge in [-0.05, 0) is 36.5 Å². The van der Waals surface area contributed by atoms with Crippen molar-refractivity contribution in [3.05, 3.63) is 0 Å². The van der Waals surface area contributed by atoms with E-state index in [0.717, 1.165) is 11.8 Å². The highest BCUT2D eigenvalue weighted by molar-refractivity contribution is 4.83. The van der Waals surface area contributed by atoms with Gasteiger partial charge in [-0.1, -0.05) is 40.5 Å². The standard InChI is InChI=1S/C12H24/c1-5-10-7-11(6-2)9-12(3,4)8-10/h10-11H,5-9H2,1-4H3. The lowest BCUT2D eigenvalue weighted by Gasteiger charge is -2.39. The third-order valence-electron chi connectivity index (χ3n) is 3.50. The van der Waals surface area contributed by atoms with E-state index in [-0.39, 0.29) is 0 Å². The van der Waals surface area contributed by atoms with Crippen molar-refractivity contribution in [1.29, 1.82) is 0 Å². The van der Waals surface area contributed by atoms with Gasteiger partial charge in [-0.2, -0.15) is 0 Å². The molecule has 0 radical (unpaired) electrons. The van der Waals surface area contributed by atoms with E-state index in [1.807, 2.05) is 0 Å². The van der Waals surface area contributed by atoms with Crippen molar-refractivity contribution in [1.82, 2.24) is 0 Å². The molecule has 1 saturated carbocycles. The van der Waals surface area contributed by atoms with Crippen LogP contribution in [0.1, 0.15) is 59.8 Å². The zero-order valence-electron chi connectivity index (χ0n) is 9.19. The molecule has 0 N–H and O–H groups in total. The minimum atomic E-state index is 0.625. The van der Waals surface area contributed by atoms with Gasteiger partial charge >= 0.3 is 0 Å². The molecule has 0 aromatic carbocycles. The minimum Gasteiger partial charge on any atom is -0.0651 e. The van der Waals surface area contributed by atoms with Crippen LogP contribution >= 0.6 is 0 Å². The lowest BCUT2D eigenvalue weighted by molar-refractivity contribution is 0.119. The van der Waals surface area contributed by atoms with Crippen LogP contribution in [0.5, 0.6) is 0 Å². The summed E-state index contributed by atoms with van der Waals surface area (Å²) in [6.45, 7) is 9.58. The fourth-order valence-corrected chi connectivity index (χ4v) is 2.91. The molecule has 0 aromatic heterocycles. The predicted molar refractivity (Wildman–Crippen MR) is 55.2 cm³/mol. The topological polar surface area (TPSA) is 0 Å². The fourth-order valence-electron chi connectivity index (χ4n) is 2.91. The zero-order valence-corrected chi connectivity index (χ0v) is 9.19. The van der Waals surface area contributed by atoms with Crippen molar-refractivity contribution in [2.24, 2.45) is 17.3 Å². The van der Waals surface area contributed by atoms with Gasteiger partial charge in [0.1, 0.15) is 0 Å². The first kappa shape index (κ1) is 10.1. The Morgan fingerprint density at radius 2 is 1.42 bits per heavy atom. The highest BCUT2D eigenvalue weighted by Gasteiger charge is 2.31. The van der Waals surface area contributed by atoms with Crippen molar-refractivity contribution in [3.63, 3.8) is 0 Å². The summed E-state index contributed by atoms with van der Waals surface area (Å²) >= 11 is 0. The van der Waals surface area contributed by atoms with E-state index in [0.29, 0.717) is 5.41 Å². The largest absolute Gasteiger partial charge is 0.0651 e. The first-order valence-electron chi connectivity index (χ1n) is 5.57. The number of rotatable bonds is 2. The molecule has 1 rings (SSSR count). The van der Waals surface area contributed by atoms with Gasteiger partial charge in [-0.15, -0.1) is 0 Å². The van der Waals surface area contributed by atoms with Crippen LogP contribution in [0.3, 0.4) is 0 Å². The van der Waals surface area contributed by atoms with E-state index in [4.69, 9.17) is 0 Å². The molecule has 2 unspecified atom stereocenters. The Balaban J connectivity index is 2.53. The van der Waals surface area contributed by atoms with Gasteiger partial charge in [0.05, 0.1) is 0 Å². The maximum atomic E-state index is 2.44. The summed E-state index contributed by atoms with van der Waals surface area (Å²) in [5.41, 5.74) is 0.625. The van der Waals surface area contributed by atoms with E-state index >= 15 is 0 Å². The zero-order chi connectivity index (χ0) is 9.19. The summed E-state index contributed by atoms with van der Waals surface area (Å²) in [5, 5.41) is 0. The van der Waals surface area contributed by atoms with Gasteiger partial charge in [0, 0.05) is 0 Å². The first-order chi connectivity index (χ1) is 5.57. The average Bonchev–Trinajstić information content (AvgIpc) is 2.01. The molecule has 1 fully saturated rings. The van der Waals surface area contributed by atoms with Crippen molar-refractivity contribution in [2.45, 2.75) is 59.8 Å². The molecule has 1 aliphatic rings. The van der Waals surface area contributed by atoms with Gasteiger partial charge in [0.15, 0.2) is 0 Å². The summed E-state index contributed by atoms with van der Waals surface area (Å²) in [5.74, 6) is 2.03. The number of hydrogen-bond donors (Lipinski definition) is 0. The molecule has 72 valence electrons. The Kier molecular flexibility index (Phi) is 3.20. The molecule has 0 aromatic rings. The van der Waals surface area contributed by atoms with E-state index in [2.05, 4.69) is 27.7 Å². The lowest BCUT2D eigenvalue weighted by Crippen LogP contribution is -2.28. The van der Waals surface area contributed by atoms with Crippen LogP contribution in [0.25, 0.3) is 0 Å². The molecule has 0 heteroatoms. The van der Waals surface area contributed by atoms with Crippen LogP contribution in [0.15, 0.2) is 0 Å². The summed E-state index contributed by atoms with van der Waals surface area (Å²) in [7, 11) is 0. The van der Waals surface area contributed by atoms with Gasteiger partial charge in [-0.25, -0.2) is 0 Å². The van der Waals surface area contributed by atoms with E-state index < -0.39 is 0 Å². The Morgan fingerprint density at radius 3 is 1.75 bits per heavy atom. The Morgan fingerprint density at radius 1 is 1.00 bits per heavy atom. The molecule has 0 nitrogen and oxygen atoms in total. The van der Waals surface area contributed by atoms with Gasteiger partial charge < -0.3 is 0 Å². The Hall–Kier alpha value is 0. The fraction of sp³-hybridized carbons (Fsp3) is 1.00. The SMILES string of the molecule is CCC1CC(CC)CC(C)(C)C1. The molecule has 12 heavy (non-hydrogen) atoms. The maximum absolute atomic E-state index is 2.44. The molecule has 0 saturated heterocycles. The molecular formula is C12H24. The second kappa shape index (κ2) is 3.81. The molecular weight excluding hydrogens is 144 g/mol. The van der Waals surface area contributed by atoms with Crippen LogP contribution in [0.2, 0.25) is 0 Å². The van der Waals surface area contributed by atoms with E-state index in [1.54, 1.807) is 0 Å². The third kappa shape index (κ3) is 2.50. The van der Waals surface area contributed by atoms with Gasteiger partial charge in [0.25, 0.3) is 0 Å². The molecule has 0 bridgehead atoms. The summed E-state index contributed by atoms with van der Waals surface area (Å²) < 4.78 is 0. The number of hydrogen-bond acceptors (Lipinski definition) is 0. The molecule has 0 spiro atoms. The molecule has 0 amide bonds. The molecule has 0 heterocycles. The van der Waals surface area contributed by atoms with Crippen molar-refractivity contribution >= 4 is 0 Å². The Bertz CT molecular complexity index is 121. The minimum absolute atomic E-state index is 0.625. The smallest absolute Gasteiger partial charge is 0.0349 e. The van der Waals surface area contributed by atoms with Crippen LogP contribution in [-0.2, 0) is 0 Å². The molecule has 2 atom stereocenters. The highest BCUT2D eigenvalue weighted by atomic mass is 14.4. The van der Waals surface area contributed by atoms with Crippen LogP contribution in [0.4, 0.5) is 0 Å². The predicted octanol–water partition coefficient (Wildman–Crippen LogP) is 4.25. The van der Waals surface area contributed by atoms with Gasteiger partial charge in [-0.3, -0.25) is 0 Å². The highest BCUT2D eigenvalue weighted by Crippen LogP contribution is 2.43. The summed E-state index contributed by atoms with van der Waals surface area (Å²) in [6, 6.07) is 0. The molecule has 1 aliphatic carbocycles. The van der Waals surface area contributed by atoms with Crippen LogP contribution < -0.4 is 0 Å². The average molecular weight is 168 g/mol. The van der Waals surface area contributed by atoms with E-state index in [1.165, 1.54) is 32.1 Å². The second-order valence-electron chi connectivity index (χ2n) is 5.36. The molecule has 0 aliphatic heterocycles. The maximum Gasteiger partial charge on any atom is -0.0349 e. The summed E-state index contributed by atoms with van der Waals surface area (Å²) in [6.07, 6.45) is 7.19. The van der Waals surface area contributed by atoms with E-state index in [9.17, 15) is 0 Å².